The second-order valence-corrected chi connectivity index (χ2v) is 9.62. The first kappa shape index (κ1) is 20.0. The minimum atomic E-state index is -0.0163. The quantitative estimate of drug-likeness (QED) is 0.746. The largest absolute Gasteiger partial charge is 0.381 e. The van der Waals surface area contributed by atoms with Gasteiger partial charge in [-0.3, -0.25) is 9.59 Å². The number of carbonyl (C=O) groups is 2. The zero-order valence-electron chi connectivity index (χ0n) is 17.7. The molecule has 1 aromatic rings. The zero-order valence-corrected chi connectivity index (χ0v) is 17.7. The maximum atomic E-state index is 12.7. The van der Waals surface area contributed by atoms with Crippen molar-refractivity contribution >= 4 is 11.8 Å². The molecule has 3 heterocycles. The molecular formula is C24H33N3O3. The molecule has 162 valence electrons. The lowest BCUT2D eigenvalue weighted by molar-refractivity contribution is -0.131. The molecule has 0 bridgehead atoms. The van der Waals surface area contributed by atoms with E-state index in [1.807, 2.05) is 18.2 Å². The molecule has 0 aromatic heterocycles. The van der Waals surface area contributed by atoms with E-state index in [1.54, 1.807) is 0 Å². The molecule has 3 aliphatic heterocycles. The van der Waals surface area contributed by atoms with Crippen molar-refractivity contribution in [2.45, 2.75) is 31.7 Å². The maximum absolute atomic E-state index is 12.7. The number of likely N-dealkylation sites (tertiary alicyclic amines) is 2. The van der Waals surface area contributed by atoms with Crippen LogP contribution in [0.25, 0.3) is 0 Å². The van der Waals surface area contributed by atoms with Crippen LogP contribution in [-0.4, -0.2) is 67.6 Å². The van der Waals surface area contributed by atoms with Crippen molar-refractivity contribution in [3.63, 3.8) is 0 Å². The van der Waals surface area contributed by atoms with Gasteiger partial charge in [-0.05, 0) is 43.1 Å². The summed E-state index contributed by atoms with van der Waals surface area (Å²) in [6.45, 7) is 6.23. The summed E-state index contributed by atoms with van der Waals surface area (Å²) in [4.78, 5) is 29.7. The minimum Gasteiger partial charge on any atom is -0.381 e. The summed E-state index contributed by atoms with van der Waals surface area (Å²) in [5.41, 5.74) is 1.17. The average Bonchev–Trinajstić information content (AvgIpc) is 3.13. The van der Waals surface area contributed by atoms with Crippen LogP contribution >= 0.6 is 0 Å². The highest BCUT2D eigenvalue weighted by Gasteiger charge is 2.44. The molecule has 6 nitrogen and oxygen atoms in total. The SMILES string of the molecule is O=C(NC(CCN1CC2CN(C(=O)C3CC3)C[C@@H]2C1)c1ccccc1)C1CCOC1. The van der Waals surface area contributed by atoms with Crippen LogP contribution in [0.2, 0.25) is 0 Å². The predicted octanol–water partition coefficient (Wildman–Crippen LogP) is 2.07. The van der Waals surface area contributed by atoms with Crippen LogP contribution in [0.5, 0.6) is 0 Å². The van der Waals surface area contributed by atoms with Gasteiger partial charge in [-0.2, -0.15) is 0 Å². The van der Waals surface area contributed by atoms with Gasteiger partial charge in [-0.1, -0.05) is 30.3 Å². The van der Waals surface area contributed by atoms with E-state index in [0.717, 1.165) is 58.4 Å². The van der Waals surface area contributed by atoms with Crippen molar-refractivity contribution in [3.8, 4) is 0 Å². The molecule has 1 aliphatic carbocycles. The molecule has 3 saturated heterocycles. The second-order valence-electron chi connectivity index (χ2n) is 9.62. The van der Waals surface area contributed by atoms with E-state index in [-0.39, 0.29) is 17.9 Å². The zero-order chi connectivity index (χ0) is 20.5. The van der Waals surface area contributed by atoms with Gasteiger partial charge in [-0.15, -0.1) is 0 Å². The van der Waals surface area contributed by atoms with Crippen molar-refractivity contribution in [3.05, 3.63) is 35.9 Å². The Morgan fingerprint density at radius 1 is 1.00 bits per heavy atom. The number of amides is 2. The topological polar surface area (TPSA) is 61.9 Å². The Kier molecular flexibility index (Phi) is 5.79. The lowest BCUT2D eigenvalue weighted by atomic mass is 10.0. The molecular weight excluding hydrogens is 378 g/mol. The number of hydrogen-bond donors (Lipinski definition) is 1. The first-order valence-corrected chi connectivity index (χ1v) is 11.6. The fourth-order valence-electron chi connectivity index (χ4n) is 5.39. The molecule has 1 aromatic carbocycles. The van der Waals surface area contributed by atoms with Gasteiger partial charge in [0.2, 0.25) is 11.8 Å². The van der Waals surface area contributed by atoms with E-state index in [0.29, 0.717) is 36.9 Å². The van der Waals surface area contributed by atoms with Crippen LogP contribution in [0.1, 0.15) is 37.3 Å². The van der Waals surface area contributed by atoms with Gasteiger partial charge in [0.1, 0.15) is 0 Å². The first-order valence-electron chi connectivity index (χ1n) is 11.6. The smallest absolute Gasteiger partial charge is 0.226 e. The summed E-state index contributed by atoms with van der Waals surface area (Å²) in [6.07, 6.45) is 3.92. The van der Waals surface area contributed by atoms with Crippen LogP contribution in [0.3, 0.4) is 0 Å². The summed E-state index contributed by atoms with van der Waals surface area (Å²) >= 11 is 0. The monoisotopic (exact) mass is 411 g/mol. The highest BCUT2D eigenvalue weighted by atomic mass is 16.5. The Morgan fingerprint density at radius 2 is 1.73 bits per heavy atom. The van der Waals surface area contributed by atoms with Crippen LogP contribution in [0, 0.1) is 23.7 Å². The maximum Gasteiger partial charge on any atom is 0.226 e. The fraction of sp³-hybridized carbons (Fsp3) is 0.667. The summed E-state index contributed by atoms with van der Waals surface area (Å²) in [5.74, 6) is 2.08. The van der Waals surface area contributed by atoms with Crippen LogP contribution < -0.4 is 5.32 Å². The molecule has 3 unspecified atom stereocenters. The standard InChI is InChI=1S/C24H33N3O3/c28-23(19-9-11-30-16-19)25-22(17-4-2-1-3-5-17)8-10-26-12-20-14-27(15-21(20)13-26)24(29)18-6-7-18/h1-5,18-22H,6-16H2,(H,25,28)/t19?,20-,21?,22?/m0/s1. The number of nitrogens with zero attached hydrogens (tertiary/aromatic N) is 2. The van der Waals surface area contributed by atoms with Crippen LogP contribution in [-0.2, 0) is 14.3 Å². The molecule has 4 aliphatic rings. The van der Waals surface area contributed by atoms with E-state index in [2.05, 4.69) is 27.2 Å². The highest BCUT2D eigenvalue weighted by molar-refractivity contribution is 5.81. The Morgan fingerprint density at radius 3 is 2.37 bits per heavy atom. The molecule has 0 radical (unpaired) electrons. The first-order chi connectivity index (χ1) is 14.7. The predicted molar refractivity (Wildman–Crippen MR) is 114 cm³/mol. The van der Waals surface area contributed by atoms with E-state index >= 15 is 0 Å². The van der Waals surface area contributed by atoms with Gasteiger partial charge in [0, 0.05) is 45.2 Å². The third-order valence-electron chi connectivity index (χ3n) is 7.35. The number of rotatable bonds is 7. The Labute approximate surface area is 178 Å². The number of carbonyl (C=O) groups excluding carboxylic acids is 2. The second kappa shape index (κ2) is 8.67. The van der Waals surface area contributed by atoms with Crippen molar-refractivity contribution in [2.24, 2.45) is 23.7 Å². The number of fused-ring (bicyclic) bond motifs is 1. The fourth-order valence-corrected chi connectivity index (χ4v) is 5.39. The molecule has 30 heavy (non-hydrogen) atoms. The normalized spacial score (nSPS) is 29.7. The Bertz CT molecular complexity index is 746. The summed E-state index contributed by atoms with van der Waals surface area (Å²) in [6, 6.07) is 10.3. The van der Waals surface area contributed by atoms with E-state index < -0.39 is 0 Å². The van der Waals surface area contributed by atoms with Crippen molar-refractivity contribution in [2.75, 3.05) is 45.9 Å². The van der Waals surface area contributed by atoms with Gasteiger partial charge in [0.25, 0.3) is 0 Å². The molecule has 1 saturated carbocycles. The van der Waals surface area contributed by atoms with Crippen LogP contribution in [0.4, 0.5) is 0 Å². The number of benzene rings is 1. The summed E-state index contributed by atoms with van der Waals surface area (Å²) in [7, 11) is 0. The average molecular weight is 412 g/mol. The molecule has 0 spiro atoms. The number of ether oxygens (including phenoxy) is 1. The molecule has 4 fully saturated rings. The Balaban J connectivity index is 1.15. The van der Waals surface area contributed by atoms with E-state index in [4.69, 9.17) is 4.74 Å². The molecule has 2 amide bonds. The number of nitrogens with one attached hydrogen (secondary N) is 1. The summed E-state index contributed by atoms with van der Waals surface area (Å²) < 4.78 is 5.40. The van der Waals surface area contributed by atoms with Gasteiger partial charge < -0.3 is 19.9 Å². The minimum absolute atomic E-state index is 0.0163. The van der Waals surface area contributed by atoms with Crippen molar-refractivity contribution < 1.29 is 14.3 Å². The van der Waals surface area contributed by atoms with Crippen LogP contribution in [0.15, 0.2) is 30.3 Å². The van der Waals surface area contributed by atoms with Gasteiger partial charge in [0.05, 0.1) is 18.6 Å². The third-order valence-corrected chi connectivity index (χ3v) is 7.35. The lowest BCUT2D eigenvalue weighted by Crippen LogP contribution is -2.37. The Hall–Kier alpha value is -1.92. The third kappa shape index (κ3) is 4.40. The van der Waals surface area contributed by atoms with E-state index in [9.17, 15) is 9.59 Å². The number of hydrogen-bond acceptors (Lipinski definition) is 4. The van der Waals surface area contributed by atoms with E-state index in [1.165, 1.54) is 5.56 Å². The lowest BCUT2D eigenvalue weighted by Gasteiger charge is -2.25. The van der Waals surface area contributed by atoms with Gasteiger partial charge in [0.15, 0.2) is 0 Å². The van der Waals surface area contributed by atoms with Gasteiger partial charge >= 0.3 is 0 Å². The van der Waals surface area contributed by atoms with Crippen molar-refractivity contribution in [1.82, 2.24) is 15.1 Å². The summed E-state index contributed by atoms with van der Waals surface area (Å²) in [5, 5.41) is 3.29. The molecule has 5 rings (SSSR count). The highest BCUT2D eigenvalue weighted by Crippen LogP contribution is 2.37. The molecule has 1 N–H and O–H groups in total. The van der Waals surface area contributed by atoms with Gasteiger partial charge in [-0.25, -0.2) is 0 Å². The molecule has 6 heteroatoms. The van der Waals surface area contributed by atoms with Crippen molar-refractivity contribution in [1.29, 1.82) is 0 Å². The molecule has 4 atom stereocenters.